The topological polar surface area (TPSA) is 105 Å². The molecule has 0 spiro atoms. The van der Waals surface area contributed by atoms with E-state index in [2.05, 4.69) is 10.4 Å². The van der Waals surface area contributed by atoms with E-state index in [4.69, 9.17) is 5.73 Å². The molecule has 0 aliphatic carbocycles. The van der Waals surface area contributed by atoms with Crippen LogP contribution in [0.25, 0.3) is 0 Å². The average Bonchev–Trinajstić information content (AvgIpc) is 2.68. The van der Waals surface area contributed by atoms with E-state index >= 15 is 0 Å². The van der Waals surface area contributed by atoms with Crippen LogP contribution in [0.1, 0.15) is 24.0 Å². The fourth-order valence-electron chi connectivity index (χ4n) is 2.99. The van der Waals surface area contributed by atoms with Crippen molar-refractivity contribution in [2.24, 2.45) is 10.8 Å². The zero-order chi connectivity index (χ0) is 20.1. The summed E-state index contributed by atoms with van der Waals surface area (Å²) >= 11 is 0. The molecule has 1 aliphatic heterocycles. The average molecular weight is 378 g/mol. The van der Waals surface area contributed by atoms with Crippen LogP contribution in [0.4, 0.5) is 5.69 Å². The van der Waals surface area contributed by atoms with E-state index in [1.165, 1.54) is 5.01 Å². The molecule has 0 saturated carbocycles. The van der Waals surface area contributed by atoms with E-state index in [-0.39, 0.29) is 30.9 Å². The molecule has 0 bridgehead atoms. The highest BCUT2D eigenvalue weighted by Crippen LogP contribution is 2.21. The lowest BCUT2D eigenvalue weighted by Gasteiger charge is -2.24. The normalized spacial score (nSPS) is 15.0. The largest absolute Gasteiger partial charge is 0.368 e. The fraction of sp³-hybridized carbons (Fsp3) is 0.238. The van der Waals surface area contributed by atoms with Crippen LogP contribution in [-0.2, 0) is 20.8 Å². The summed E-state index contributed by atoms with van der Waals surface area (Å²) in [5, 5.41) is 8.12. The molecular weight excluding hydrogens is 356 g/mol. The summed E-state index contributed by atoms with van der Waals surface area (Å²) in [6.45, 7) is 1.91. The van der Waals surface area contributed by atoms with Gasteiger partial charge in [-0.2, -0.15) is 5.10 Å². The number of nitrogens with one attached hydrogen (secondary N) is 1. The Morgan fingerprint density at radius 1 is 1.14 bits per heavy atom. The minimum atomic E-state index is -0.859. The highest BCUT2D eigenvalue weighted by Gasteiger charge is 2.28. The van der Waals surface area contributed by atoms with Gasteiger partial charge in [-0.15, -0.1) is 0 Å². The van der Waals surface area contributed by atoms with Gasteiger partial charge < -0.3 is 11.1 Å². The molecule has 1 aliphatic rings. The van der Waals surface area contributed by atoms with Gasteiger partial charge in [0, 0.05) is 19.3 Å². The predicted molar refractivity (Wildman–Crippen MR) is 107 cm³/mol. The van der Waals surface area contributed by atoms with Crippen LogP contribution in [0.15, 0.2) is 59.7 Å². The lowest BCUT2D eigenvalue weighted by molar-refractivity contribution is -0.124. The molecule has 144 valence electrons. The molecule has 2 aromatic rings. The first-order chi connectivity index (χ1) is 13.4. The van der Waals surface area contributed by atoms with Crippen LogP contribution in [0.2, 0.25) is 0 Å². The molecule has 3 N–H and O–H groups in total. The van der Waals surface area contributed by atoms with Gasteiger partial charge in [-0.3, -0.25) is 14.4 Å². The molecule has 0 radical (unpaired) electrons. The first-order valence-corrected chi connectivity index (χ1v) is 9.05. The number of primary amides is 1. The molecule has 3 amide bonds. The van der Waals surface area contributed by atoms with Crippen molar-refractivity contribution in [1.29, 1.82) is 0 Å². The van der Waals surface area contributed by atoms with Gasteiger partial charge in [0.1, 0.15) is 11.8 Å². The smallest absolute Gasteiger partial charge is 0.268 e. The Morgan fingerprint density at radius 3 is 2.57 bits per heavy atom. The number of aryl methyl sites for hydroxylation is 1. The predicted octanol–water partition coefficient (Wildman–Crippen LogP) is 1.69. The van der Waals surface area contributed by atoms with Gasteiger partial charge in [-0.05, 0) is 30.2 Å². The van der Waals surface area contributed by atoms with Crippen molar-refractivity contribution in [2.45, 2.75) is 32.2 Å². The van der Waals surface area contributed by atoms with Crippen molar-refractivity contribution in [3.63, 3.8) is 0 Å². The Labute approximate surface area is 163 Å². The molecule has 1 atom stereocenters. The highest BCUT2D eigenvalue weighted by molar-refractivity contribution is 6.40. The summed E-state index contributed by atoms with van der Waals surface area (Å²) in [5.74, 6) is -1.30. The van der Waals surface area contributed by atoms with Gasteiger partial charge in [0.2, 0.25) is 11.8 Å². The maximum Gasteiger partial charge on any atom is 0.268 e. The summed E-state index contributed by atoms with van der Waals surface area (Å²) in [5.41, 5.74) is 8.12. The first-order valence-electron chi connectivity index (χ1n) is 9.05. The number of anilines is 1. The van der Waals surface area contributed by atoms with Crippen LogP contribution in [0.3, 0.4) is 0 Å². The second-order valence-corrected chi connectivity index (χ2v) is 6.71. The minimum absolute atomic E-state index is 0.167. The third-order valence-corrected chi connectivity index (χ3v) is 4.47. The molecule has 28 heavy (non-hydrogen) atoms. The first kappa shape index (κ1) is 19.3. The second kappa shape index (κ2) is 8.47. The SMILES string of the molecule is Cc1cccc(N2N=C(C(=O)NC(Cc3ccccc3)C(N)=O)CCC2=O)c1. The van der Waals surface area contributed by atoms with E-state index < -0.39 is 17.9 Å². The van der Waals surface area contributed by atoms with Gasteiger partial charge >= 0.3 is 0 Å². The number of hydrogen-bond donors (Lipinski definition) is 2. The molecule has 0 fully saturated rings. The molecule has 0 aromatic heterocycles. The van der Waals surface area contributed by atoms with Gasteiger partial charge in [-0.25, -0.2) is 5.01 Å². The molecule has 2 aromatic carbocycles. The van der Waals surface area contributed by atoms with E-state index in [0.717, 1.165) is 11.1 Å². The van der Waals surface area contributed by atoms with Crippen molar-refractivity contribution in [3.8, 4) is 0 Å². The van der Waals surface area contributed by atoms with Gasteiger partial charge in [-0.1, -0.05) is 42.5 Å². The Bertz CT molecular complexity index is 924. The number of rotatable bonds is 6. The summed E-state index contributed by atoms with van der Waals surface area (Å²) in [6.07, 6.45) is 0.666. The van der Waals surface area contributed by atoms with E-state index in [0.29, 0.717) is 5.69 Å². The number of hydrogen-bond acceptors (Lipinski definition) is 4. The molecule has 0 saturated heterocycles. The molecule has 7 nitrogen and oxygen atoms in total. The van der Waals surface area contributed by atoms with Crippen molar-refractivity contribution in [3.05, 3.63) is 65.7 Å². The number of carbonyl (C=O) groups is 3. The van der Waals surface area contributed by atoms with Gasteiger partial charge in [0.05, 0.1) is 5.69 Å². The number of benzene rings is 2. The lowest BCUT2D eigenvalue weighted by atomic mass is 10.0. The van der Waals surface area contributed by atoms with Crippen LogP contribution >= 0.6 is 0 Å². The third-order valence-electron chi connectivity index (χ3n) is 4.47. The zero-order valence-electron chi connectivity index (χ0n) is 15.6. The minimum Gasteiger partial charge on any atom is -0.368 e. The van der Waals surface area contributed by atoms with Gasteiger partial charge in [0.25, 0.3) is 5.91 Å². The second-order valence-electron chi connectivity index (χ2n) is 6.71. The number of hydrazone groups is 1. The summed E-state index contributed by atoms with van der Waals surface area (Å²) < 4.78 is 0. The maximum absolute atomic E-state index is 12.7. The summed E-state index contributed by atoms with van der Waals surface area (Å²) in [7, 11) is 0. The Hall–Kier alpha value is -3.48. The van der Waals surface area contributed by atoms with Gasteiger partial charge in [0.15, 0.2) is 0 Å². The molecular formula is C21H22N4O3. The number of amides is 3. The Balaban J connectivity index is 1.77. The van der Waals surface area contributed by atoms with Crippen molar-refractivity contribution in [1.82, 2.24) is 5.32 Å². The lowest BCUT2D eigenvalue weighted by Crippen LogP contribution is -2.49. The maximum atomic E-state index is 12.7. The summed E-state index contributed by atoms with van der Waals surface area (Å²) in [4.78, 5) is 36.7. The van der Waals surface area contributed by atoms with E-state index in [1.807, 2.05) is 55.5 Å². The number of nitrogens with two attached hydrogens (primary N) is 1. The van der Waals surface area contributed by atoms with Crippen LogP contribution in [0, 0.1) is 6.92 Å². The van der Waals surface area contributed by atoms with Crippen LogP contribution < -0.4 is 16.1 Å². The van der Waals surface area contributed by atoms with E-state index in [9.17, 15) is 14.4 Å². The number of nitrogens with zero attached hydrogens (tertiary/aromatic N) is 2. The zero-order valence-corrected chi connectivity index (χ0v) is 15.6. The van der Waals surface area contributed by atoms with Crippen molar-refractivity contribution < 1.29 is 14.4 Å². The van der Waals surface area contributed by atoms with Crippen LogP contribution in [-0.4, -0.2) is 29.5 Å². The Morgan fingerprint density at radius 2 is 1.89 bits per heavy atom. The molecule has 7 heteroatoms. The fourth-order valence-corrected chi connectivity index (χ4v) is 2.99. The standard InChI is InChI=1S/C21H22N4O3/c1-14-6-5-9-16(12-14)25-19(26)11-10-17(24-25)21(28)23-18(20(22)27)13-15-7-3-2-4-8-15/h2-9,12,18H,10-11,13H2,1H3,(H2,22,27)(H,23,28). The molecule has 1 heterocycles. The van der Waals surface area contributed by atoms with E-state index in [1.54, 1.807) is 6.07 Å². The Kier molecular flexibility index (Phi) is 5.84. The van der Waals surface area contributed by atoms with Crippen molar-refractivity contribution in [2.75, 3.05) is 5.01 Å². The number of carbonyl (C=O) groups excluding carboxylic acids is 3. The highest BCUT2D eigenvalue weighted by atomic mass is 16.2. The molecule has 1 unspecified atom stereocenters. The molecule has 3 rings (SSSR count). The monoisotopic (exact) mass is 378 g/mol. The summed E-state index contributed by atoms with van der Waals surface area (Å²) in [6, 6.07) is 15.8. The van der Waals surface area contributed by atoms with Crippen molar-refractivity contribution >= 4 is 29.1 Å². The van der Waals surface area contributed by atoms with Crippen LogP contribution in [0.5, 0.6) is 0 Å². The quantitative estimate of drug-likeness (QED) is 0.799. The third kappa shape index (κ3) is 4.62.